The standard InChI is InChI=1S/C21H24N2O2/c1-4-23-12-11-16-15-7-5-6-8-17(15)22-20(16)21(23)14-9-10-18(24-2)19(13-14)25-3/h5-10,13,21-22H,4,11-12H2,1-3H3. The molecule has 3 aromatic rings. The molecule has 0 amide bonds. The van der Waals surface area contributed by atoms with Crippen molar-refractivity contribution in [1.82, 2.24) is 9.88 Å². The number of H-pyrrole nitrogens is 1. The van der Waals surface area contributed by atoms with Crippen LogP contribution in [0.4, 0.5) is 0 Å². The summed E-state index contributed by atoms with van der Waals surface area (Å²) in [6.07, 6.45) is 1.08. The van der Waals surface area contributed by atoms with E-state index in [2.05, 4.69) is 53.2 Å². The van der Waals surface area contributed by atoms with Crippen molar-refractivity contribution >= 4 is 10.9 Å². The van der Waals surface area contributed by atoms with Gasteiger partial charge in [-0.25, -0.2) is 0 Å². The molecule has 1 atom stereocenters. The van der Waals surface area contributed by atoms with Gasteiger partial charge in [0.1, 0.15) is 0 Å². The molecule has 2 heterocycles. The van der Waals surface area contributed by atoms with Crippen molar-refractivity contribution in [3.05, 3.63) is 59.3 Å². The van der Waals surface area contributed by atoms with Crippen LogP contribution in [0.3, 0.4) is 0 Å². The largest absolute Gasteiger partial charge is 0.493 e. The molecule has 1 aliphatic heterocycles. The quantitative estimate of drug-likeness (QED) is 0.777. The molecule has 4 heteroatoms. The maximum absolute atomic E-state index is 5.53. The maximum Gasteiger partial charge on any atom is 0.161 e. The van der Waals surface area contributed by atoms with Gasteiger partial charge in [-0.2, -0.15) is 0 Å². The number of hydrogen-bond donors (Lipinski definition) is 1. The lowest BCUT2D eigenvalue weighted by Gasteiger charge is -2.35. The van der Waals surface area contributed by atoms with Crippen LogP contribution < -0.4 is 9.47 Å². The minimum absolute atomic E-state index is 0.209. The van der Waals surface area contributed by atoms with Gasteiger partial charge in [0.25, 0.3) is 0 Å². The Balaban J connectivity index is 1.88. The highest BCUT2D eigenvalue weighted by molar-refractivity contribution is 5.85. The van der Waals surface area contributed by atoms with Gasteiger partial charge in [0.05, 0.1) is 20.3 Å². The van der Waals surface area contributed by atoms with Crippen LogP contribution in [-0.2, 0) is 6.42 Å². The Labute approximate surface area is 148 Å². The van der Waals surface area contributed by atoms with Gasteiger partial charge in [-0.3, -0.25) is 4.90 Å². The first kappa shape index (κ1) is 16.0. The smallest absolute Gasteiger partial charge is 0.161 e. The first-order valence-corrected chi connectivity index (χ1v) is 8.82. The lowest BCUT2D eigenvalue weighted by molar-refractivity contribution is 0.222. The zero-order valence-electron chi connectivity index (χ0n) is 15.0. The van der Waals surface area contributed by atoms with Crippen LogP contribution in [0.2, 0.25) is 0 Å². The molecule has 130 valence electrons. The van der Waals surface area contributed by atoms with Crippen LogP contribution >= 0.6 is 0 Å². The van der Waals surface area contributed by atoms with E-state index in [1.165, 1.54) is 27.7 Å². The monoisotopic (exact) mass is 336 g/mol. The van der Waals surface area contributed by atoms with Gasteiger partial charge in [-0.1, -0.05) is 31.2 Å². The number of nitrogens with zero attached hydrogens (tertiary/aromatic N) is 1. The van der Waals surface area contributed by atoms with Crippen LogP contribution in [0.5, 0.6) is 11.5 Å². The summed E-state index contributed by atoms with van der Waals surface area (Å²) in [6.45, 7) is 4.29. The summed E-state index contributed by atoms with van der Waals surface area (Å²) in [5, 5.41) is 1.35. The van der Waals surface area contributed by atoms with Crippen LogP contribution in [0.15, 0.2) is 42.5 Å². The number of aromatic amines is 1. The fraction of sp³-hybridized carbons (Fsp3) is 0.333. The van der Waals surface area contributed by atoms with Crippen molar-refractivity contribution in [1.29, 1.82) is 0 Å². The predicted octanol–water partition coefficient (Wildman–Crippen LogP) is 4.15. The van der Waals surface area contributed by atoms with E-state index < -0.39 is 0 Å². The molecular weight excluding hydrogens is 312 g/mol. The van der Waals surface area contributed by atoms with Gasteiger partial charge in [0.2, 0.25) is 0 Å². The van der Waals surface area contributed by atoms with Gasteiger partial charge in [-0.15, -0.1) is 0 Å². The average molecular weight is 336 g/mol. The van der Waals surface area contributed by atoms with Gasteiger partial charge in [0, 0.05) is 23.1 Å². The molecule has 1 aromatic heterocycles. The number of aromatic nitrogens is 1. The van der Waals surface area contributed by atoms with Crippen LogP contribution in [-0.4, -0.2) is 37.2 Å². The topological polar surface area (TPSA) is 37.5 Å². The van der Waals surface area contributed by atoms with Crippen molar-refractivity contribution in [2.75, 3.05) is 27.3 Å². The molecule has 1 aliphatic rings. The molecule has 1 unspecified atom stereocenters. The van der Waals surface area contributed by atoms with Crippen molar-refractivity contribution in [2.24, 2.45) is 0 Å². The Morgan fingerprint density at radius 1 is 1.08 bits per heavy atom. The maximum atomic E-state index is 5.53. The lowest BCUT2D eigenvalue weighted by atomic mass is 9.92. The van der Waals surface area contributed by atoms with Gasteiger partial charge >= 0.3 is 0 Å². The minimum Gasteiger partial charge on any atom is -0.493 e. The highest BCUT2D eigenvalue weighted by Crippen LogP contribution is 2.40. The third kappa shape index (κ3) is 2.57. The number of benzene rings is 2. The molecule has 0 fully saturated rings. The van der Waals surface area contributed by atoms with Crippen molar-refractivity contribution in [3.8, 4) is 11.5 Å². The predicted molar refractivity (Wildman–Crippen MR) is 101 cm³/mol. The second-order valence-electron chi connectivity index (χ2n) is 6.46. The molecule has 4 rings (SSSR count). The van der Waals surface area contributed by atoms with Gasteiger partial charge < -0.3 is 14.5 Å². The molecule has 0 aliphatic carbocycles. The molecule has 2 aromatic carbocycles. The summed E-state index contributed by atoms with van der Waals surface area (Å²) in [5.41, 5.74) is 5.20. The number of rotatable bonds is 4. The highest BCUT2D eigenvalue weighted by atomic mass is 16.5. The van der Waals surface area contributed by atoms with E-state index in [-0.39, 0.29) is 6.04 Å². The third-order valence-corrected chi connectivity index (χ3v) is 5.26. The highest BCUT2D eigenvalue weighted by Gasteiger charge is 2.31. The Bertz CT molecular complexity index is 900. The molecule has 4 nitrogen and oxygen atoms in total. The van der Waals surface area contributed by atoms with E-state index in [1.807, 2.05) is 6.07 Å². The van der Waals surface area contributed by atoms with Crippen LogP contribution in [0, 0.1) is 0 Å². The Morgan fingerprint density at radius 2 is 1.88 bits per heavy atom. The lowest BCUT2D eigenvalue weighted by Crippen LogP contribution is -2.35. The summed E-state index contributed by atoms with van der Waals surface area (Å²) < 4.78 is 10.9. The number of ether oxygens (including phenoxy) is 2. The summed E-state index contributed by atoms with van der Waals surface area (Å²) in [4.78, 5) is 6.19. The molecule has 0 radical (unpaired) electrons. The van der Waals surface area contributed by atoms with E-state index >= 15 is 0 Å². The fourth-order valence-electron chi connectivity index (χ4n) is 4.03. The van der Waals surface area contributed by atoms with Gasteiger partial charge in [0.15, 0.2) is 11.5 Å². The zero-order valence-corrected chi connectivity index (χ0v) is 15.0. The van der Waals surface area contributed by atoms with Crippen molar-refractivity contribution in [3.63, 3.8) is 0 Å². The summed E-state index contributed by atoms with van der Waals surface area (Å²) in [7, 11) is 3.36. The van der Waals surface area contributed by atoms with E-state index in [9.17, 15) is 0 Å². The minimum atomic E-state index is 0.209. The van der Waals surface area contributed by atoms with Crippen LogP contribution in [0.25, 0.3) is 10.9 Å². The fourth-order valence-corrected chi connectivity index (χ4v) is 4.03. The second kappa shape index (κ2) is 6.45. The normalized spacial score (nSPS) is 17.5. The van der Waals surface area contributed by atoms with Crippen LogP contribution in [0.1, 0.15) is 29.8 Å². The van der Waals surface area contributed by atoms with E-state index in [1.54, 1.807) is 14.2 Å². The molecule has 0 saturated carbocycles. The Hall–Kier alpha value is -2.46. The van der Waals surface area contributed by atoms with Crippen molar-refractivity contribution < 1.29 is 9.47 Å². The second-order valence-corrected chi connectivity index (χ2v) is 6.46. The van der Waals surface area contributed by atoms with E-state index in [0.29, 0.717) is 0 Å². The summed E-state index contributed by atoms with van der Waals surface area (Å²) in [6, 6.07) is 15.1. The molecular formula is C21H24N2O2. The number of methoxy groups -OCH3 is 2. The first-order chi connectivity index (χ1) is 12.3. The summed E-state index contributed by atoms with van der Waals surface area (Å²) in [5.74, 6) is 1.54. The molecule has 25 heavy (non-hydrogen) atoms. The molecule has 0 saturated heterocycles. The number of likely N-dealkylation sites (N-methyl/N-ethyl adjacent to an activating group) is 1. The molecule has 0 spiro atoms. The molecule has 1 N–H and O–H groups in total. The number of fused-ring (bicyclic) bond motifs is 3. The number of para-hydroxylation sites is 1. The number of nitrogens with one attached hydrogen (secondary N) is 1. The van der Waals surface area contributed by atoms with Gasteiger partial charge in [-0.05, 0) is 42.3 Å². The summed E-state index contributed by atoms with van der Waals surface area (Å²) >= 11 is 0. The first-order valence-electron chi connectivity index (χ1n) is 8.82. The molecule has 0 bridgehead atoms. The third-order valence-electron chi connectivity index (χ3n) is 5.26. The Kier molecular flexibility index (Phi) is 4.14. The van der Waals surface area contributed by atoms with E-state index in [0.717, 1.165) is 31.0 Å². The average Bonchev–Trinajstić information content (AvgIpc) is 3.05. The van der Waals surface area contributed by atoms with Crippen molar-refractivity contribution in [2.45, 2.75) is 19.4 Å². The SMILES string of the molecule is CCN1CCc2c([nH]c3ccccc23)C1c1ccc(OC)c(OC)c1. The van der Waals surface area contributed by atoms with E-state index in [4.69, 9.17) is 9.47 Å². The zero-order chi connectivity index (χ0) is 17.4. The Morgan fingerprint density at radius 3 is 2.64 bits per heavy atom. The number of hydrogen-bond acceptors (Lipinski definition) is 3.